The Kier molecular flexibility index (Phi) is 4.20. The van der Waals surface area contributed by atoms with Gasteiger partial charge in [-0.2, -0.15) is 5.10 Å². The zero-order chi connectivity index (χ0) is 14.9. The number of nitrogens with two attached hydrogens (primary N) is 1. The van der Waals surface area contributed by atoms with E-state index in [1.165, 1.54) is 4.68 Å². The highest BCUT2D eigenvalue weighted by Gasteiger charge is 2.19. The van der Waals surface area contributed by atoms with Crippen LogP contribution >= 0.6 is 23.2 Å². The molecule has 0 spiro atoms. The Balaban J connectivity index is 2.30. The first-order valence-corrected chi connectivity index (χ1v) is 6.76. The predicted molar refractivity (Wildman–Crippen MR) is 81.4 cm³/mol. The number of benzene rings is 1. The van der Waals surface area contributed by atoms with Gasteiger partial charge in [-0.1, -0.05) is 30.1 Å². The van der Waals surface area contributed by atoms with Gasteiger partial charge >= 0.3 is 0 Å². The molecule has 1 aromatic carbocycles. The Morgan fingerprint density at radius 3 is 2.45 bits per heavy atom. The fraction of sp³-hybridized carbons (Fsp3) is 0.231. The fourth-order valence-electron chi connectivity index (χ4n) is 1.94. The van der Waals surface area contributed by atoms with Gasteiger partial charge in [-0.05, 0) is 24.6 Å². The monoisotopic (exact) mass is 312 g/mol. The van der Waals surface area contributed by atoms with E-state index < -0.39 is 0 Å². The lowest BCUT2D eigenvalue weighted by molar-refractivity contribution is 0.101. The van der Waals surface area contributed by atoms with Crippen molar-refractivity contribution in [2.45, 2.75) is 13.3 Å². The summed E-state index contributed by atoms with van der Waals surface area (Å²) in [6.07, 6.45) is 0.663. The first-order valence-electron chi connectivity index (χ1n) is 6.01. The molecule has 106 valence electrons. The number of nitrogens with zero attached hydrogens (tertiary/aromatic N) is 2. The second-order valence-corrected chi connectivity index (χ2v) is 5.17. The van der Waals surface area contributed by atoms with E-state index in [1.54, 1.807) is 25.2 Å². The molecule has 0 aliphatic carbocycles. The minimum absolute atomic E-state index is 0.318. The largest absolute Gasteiger partial charge is 0.395 e. The number of rotatable bonds is 3. The summed E-state index contributed by atoms with van der Waals surface area (Å²) >= 11 is 11.8. The first kappa shape index (κ1) is 14.7. The molecule has 0 atom stereocenters. The van der Waals surface area contributed by atoms with Crippen LogP contribution in [-0.2, 0) is 13.5 Å². The highest BCUT2D eigenvalue weighted by atomic mass is 35.5. The number of carbonyl (C=O) groups is 1. The summed E-state index contributed by atoms with van der Waals surface area (Å²) in [7, 11) is 1.68. The summed E-state index contributed by atoms with van der Waals surface area (Å²) in [6, 6.07) is 4.81. The van der Waals surface area contributed by atoms with Crippen LogP contribution < -0.4 is 11.1 Å². The lowest BCUT2D eigenvalue weighted by Crippen LogP contribution is -2.17. The Bertz CT molecular complexity index is 646. The second-order valence-electron chi connectivity index (χ2n) is 4.30. The smallest absolute Gasteiger partial charge is 0.276 e. The van der Waals surface area contributed by atoms with Gasteiger partial charge in [0.1, 0.15) is 5.69 Å². The van der Waals surface area contributed by atoms with E-state index in [2.05, 4.69) is 10.4 Å². The third-order valence-corrected chi connectivity index (χ3v) is 3.27. The zero-order valence-corrected chi connectivity index (χ0v) is 12.6. The first-order chi connectivity index (χ1) is 9.42. The Labute approximate surface area is 126 Å². The van der Waals surface area contributed by atoms with Gasteiger partial charge in [-0.25, -0.2) is 0 Å². The minimum Gasteiger partial charge on any atom is -0.395 e. The maximum absolute atomic E-state index is 12.3. The molecule has 0 unspecified atom stereocenters. The summed E-state index contributed by atoms with van der Waals surface area (Å²) in [5.74, 6) is -0.351. The number of anilines is 2. The number of nitrogens with one attached hydrogen (secondary N) is 1. The number of hydrogen-bond donors (Lipinski definition) is 2. The van der Waals surface area contributed by atoms with Crippen LogP contribution in [-0.4, -0.2) is 15.7 Å². The van der Waals surface area contributed by atoms with E-state index in [9.17, 15) is 4.79 Å². The van der Waals surface area contributed by atoms with Crippen molar-refractivity contribution >= 4 is 40.5 Å². The van der Waals surface area contributed by atoms with Crippen molar-refractivity contribution in [1.29, 1.82) is 0 Å². The van der Waals surface area contributed by atoms with Crippen LogP contribution in [0, 0.1) is 0 Å². The molecule has 1 aromatic heterocycles. The fourth-order valence-corrected chi connectivity index (χ4v) is 2.47. The lowest BCUT2D eigenvalue weighted by Gasteiger charge is -2.07. The highest BCUT2D eigenvalue weighted by Crippen LogP contribution is 2.24. The van der Waals surface area contributed by atoms with Crippen LogP contribution in [0.2, 0.25) is 10.0 Å². The van der Waals surface area contributed by atoms with Crippen molar-refractivity contribution in [1.82, 2.24) is 9.78 Å². The number of aromatic nitrogens is 2. The van der Waals surface area contributed by atoms with E-state index in [1.807, 2.05) is 6.92 Å². The number of aryl methyl sites for hydroxylation is 2. The molecule has 1 amide bonds. The normalized spacial score (nSPS) is 10.6. The van der Waals surface area contributed by atoms with Gasteiger partial charge in [0, 0.05) is 22.8 Å². The summed E-state index contributed by atoms with van der Waals surface area (Å²) in [5.41, 5.74) is 7.84. The molecular formula is C13H14Cl2N4O. The molecule has 0 radical (unpaired) electrons. The van der Waals surface area contributed by atoms with Gasteiger partial charge < -0.3 is 11.1 Å². The zero-order valence-electron chi connectivity index (χ0n) is 11.1. The van der Waals surface area contributed by atoms with Crippen LogP contribution in [0.4, 0.5) is 11.4 Å². The number of halogens is 2. The molecule has 0 aliphatic rings. The van der Waals surface area contributed by atoms with Crippen LogP contribution in [0.3, 0.4) is 0 Å². The molecule has 0 bridgehead atoms. The summed E-state index contributed by atoms with van der Waals surface area (Å²) in [4.78, 5) is 12.3. The Morgan fingerprint density at radius 1 is 1.35 bits per heavy atom. The Morgan fingerprint density at radius 2 is 1.95 bits per heavy atom. The molecule has 20 heavy (non-hydrogen) atoms. The van der Waals surface area contributed by atoms with Crippen LogP contribution in [0.15, 0.2) is 18.2 Å². The molecule has 3 N–H and O–H groups in total. The predicted octanol–water partition coefficient (Wildman–Crippen LogP) is 3.12. The number of nitrogen functional groups attached to an aromatic ring is 1. The minimum atomic E-state index is -0.351. The summed E-state index contributed by atoms with van der Waals surface area (Å²) in [6.45, 7) is 1.93. The second kappa shape index (κ2) is 5.73. The molecule has 0 saturated carbocycles. The molecule has 1 heterocycles. The quantitative estimate of drug-likeness (QED) is 0.914. The summed E-state index contributed by atoms with van der Waals surface area (Å²) < 4.78 is 1.47. The van der Waals surface area contributed by atoms with Crippen molar-refractivity contribution in [3.05, 3.63) is 39.6 Å². The van der Waals surface area contributed by atoms with E-state index in [4.69, 9.17) is 28.9 Å². The summed E-state index contributed by atoms with van der Waals surface area (Å²) in [5, 5.41) is 7.80. The third-order valence-electron chi connectivity index (χ3n) is 2.83. The van der Waals surface area contributed by atoms with Crippen LogP contribution in [0.1, 0.15) is 23.1 Å². The average Bonchev–Trinajstić information content (AvgIpc) is 2.62. The molecule has 2 rings (SSSR count). The van der Waals surface area contributed by atoms with Gasteiger partial charge in [0.05, 0.1) is 11.4 Å². The van der Waals surface area contributed by atoms with Crippen molar-refractivity contribution < 1.29 is 4.79 Å². The van der Waals surface area contributed by atoms with E-state index in [0.717, 1.165) is 0 Å². The van der Waals surface area contributed by atoms with Crippen molar-refractivity contribution in [3.63, 3.8) is 0 Å². The maximum Gasteiger partial charge on any atom is 0.276 e. The van der Waals surface area contributed by atoms with Gasteiger partial charge in [-0.3, -0.25) is 9.48 Å². The average molecular weight is 313 g/mol. The lowest BCUT2D eigenvalue weighted by atomic mass is 10.2. The Hall–Kier alpha value is -1.72. The van der Waals surface area contributed by atoms with E-state index >= 15 is 0 Å². The number of hydrogen-bond acceptors (Lipinski definition) is 3. The third kappa shape index (κ3) is 2.89. The van der Waals surface area contributed by atoms with Crippen LogP contribution in [0.25, 0.3) is 0 Å². The van der Waals surface area contributed by atoms with Crippen molar-refractivity contribution in [2.75, 3.05) is 11.1 Å². The number of amides is 1. The molecule has 7 heteroatoms. The van der Waals surface area contributed by atoms with E-state index in [0.29, 0.717) is 39.2 Å². The molecular weight excluding hydrogens is 299 g/mol. The molecule has 0 aliphatic heterocycles. The standard InChI is InChI=1S/C13H14Cl2N4O/c1-3-10-11(16)12(19(2)18-10)13(20)17-9-5-7(14)4-8(15)6-9/h4-6H,3,16H2,1-2H3,(H,17,20). The topological polar surface area (TPSA) is 72.9 Å². The molecule has 0 fully saturated rings. The van der Waals surface area contributed by atoms with Crippen molar-refractivity contribution in [2.24, 2.45) is 7.05 Å². The highest BCUT2D eigenvalue weighted by molar-refractivity contribution is 6.35. The maximum atomic E-state index is 12.3. The van der Waals surface area contributed by atoms with Gasteiger partial charge in [0.25, 0.3) is 5.91 Å². The van der Waals surface area contributed by atoms with Gasteiger partial charge in [0.15, 0.2) is 0 Å². The van der Waals surface area contributed by atoms with Crippen molar-refractivity contribution in [3.8, 4) is 0 Å². The molecule has 2 aromatic rings. The number of carbonyl (C=O) groups excluding carboxylic acids is 1. The SMILES string of the molecule is CCc1nn(C)c(C(=O)Nc2cc(Cl)cc(Cl)c2)c1N. The van der Waals surface area contributed by atoms with Gasteiger partial charge in [-0.15, -0.1) is 0 Å². The molecule has 5 nitrogen and oxygen atoms in total. The molecule has 0 saturated heterocycles. The van der Waals surface area contributed by atoms with Crippen LogP contribution in [0.5, 0.6) is 0 Å². The van der Waals surface area contributed by atoms with Gasteiger partial charge in [0.2, 0.25) is 0 Å². The van der Waals surface area contributed by atoms with E-state index in [-0.39, 0.29) is 5.91 Å².